The van der Waals surface area contributed by atoms with Gasteiger partial charge in [0.25, 0.3) is 0 Å². The predicted molar refractivity (Wildman–Crippen MR) is 123 cm³/mol. The molecule has 0 spiro atoms. The van der Waals surface area contributed by atoms with Crippen molar-refractivity contribution in [3.05, 3.63) is 71.3 Å². The van der Waals surface area contributed by atoms with Crippen LogP contribution in [0.5, 0.6) is 0 Å². The first-order valence-corrected chi connectivity index (χ1v) is 13.2. The van der Waals surface area contributed by atoms with E-state index >= 15 is 0 Å². The molecule has 0 aliphatic carbocycles. The standard InChI is InChI=1S/C16H27S.C7H8O4S/c1-4-6-12-17(13-7-5-2)14-16-10-8-15(3)9-11-16;8-12(9,10)11-6-7-4-2-1-3-5-7/h8-11H,4-7,12-14H2,1-3H3;1-5H,6H2,(H,8,9,10)/q+1;/p-1. The van der Waals surface area contributed by atoms with Gasteiger partial charge >= 0.3 is 0 Å². The molecule has 0 saturated heterocycles. The maximum absolute atomic E-state index is 10.0. The molecule has 2 aromatic rings. The van der Waals surface area contributed by atoms with E-state index in [1.54, 1.807) is 30.3 Å². The summed E-state index contributed by atoms with van der Waals surface area (Å²) < 4.78 is 34.1. The molecule has 0 fully saturated rings. The fraction of sp³-hybridized carbons (Fsp3) is 0.478. The normalized spacial score (nSPS) is 11.2. The second kappa shape index (κ2) is 14.6. The highest BCUT2D eigenvalue weighted by Crippen LogP contribution is 2.14. The predicted octanol–water partition coefficient (Wildman–Crippen LogP) is 5.38. The number of benzene rings is 2. The highest BCUT2D eigenvalue weighted by atomic mass is 32.3. The summed E-state index contributed by atoms with van der Waals surface area (Å²) in [4.78, 5) is 0. The largest absolute Gasteiger partial charge is 0.726 e. The quantitative estimate of drug-likeness (QED) is 0.268. The Hall–Kier alpha value is -1.34. The highest BCUT2D eigenvalue weighted by molar-refractivity contribution is 7.96. The van der Waals surface area contributed by atoms with Crippen molar-refractivity contribution in [3.8, 4) is 0 Å². The maximum atomic E-state index is 10.0. The van der Waals surface area contributed by atoms with Crippen LogP contribution in [0.25, 0.3) is 0 Å². The fourth-order valence-electron chi connectivity index (χ4n) is 2.58. The third kappa shape index (κ3) is 13.5. The van der Waals surface area contributed by atoms with Crippen LogP contribution in [0, 0.1) is 6.92 Å². The minimum atomic E-state index is -4.57. The van der Waals surface area contributed by atoms with Gasteiger partial charge in [0.1, 0.15) is 17.3 Å². The van der Waals surface area contributed by atoms with Gasteiger partial charge in [0, 0.05) is 5.56 Å². The summed E-state index contributed by atoms with van der Waals surface area (Å²) in [5, 5.41) is 0. The zero-order chi connectivity index (χ0) is 21.5. The highest BCUT2D eigenvalue weighted by Gasteiger charge is 2.17. The summed E-state index contributed by atoms with van der Waals surface area (Å²) in [5.74, 6) is 4.18. The molecule has 2 aromatic carbocycles. The Kier molecular flexibility index (Phi) is 12.9. The van der Waals surface area contributed by atoms with Crippen LogP contribution in [0.15, 0.2) is 54.6 Å². The topological polar surface area (TPSA) is 66.4 Å². The van der Waals surface area contributed by atoms with Crippen LogP contribution in [-0.2, 0) is 37.8 Å². The van der Waals surface area contributed by atoms with E-state index in [9.17, 15) is 13.0 Å². The molecule has 0 unspecified atom stereocenters. The van der Waals surface area contributed by atoms with E-state index in [1.165, 1.54) is 54.1 Å². The van der Waals surface area contributed by atoms with Crippen LogP contribution in [-0.4, -0.2) is 24.5 Å². The second-order valence-electron chi connectivity index (χ2n) is 7.01. The SMILES string of the molecule is CCCC[S+](CCCC)Cc1ccc(C)cc1.O=S(=O)([O-])OCc1ccccc1. The van der Waals surface area contributed by atoms with Gasteiger partial charge in [0.2, 0.25) is 10.4 Å². The Bertz CT molecular complexity index is 751. The summed E-state index contributed by atoms with van der Waals surface area (Å²) in [6.07, 6.45) is 5.48. The molecule has 0 amide bonds. The van der Waals surface area contributed by atoms with Crippen molar-refractivity contribution in [1.29, 1.82) is 0 Å². The van der Waals surface area contributed by atoms with Crippen molar-refractivity contribution in [2.24, 2.45) is 0 Å². The van der Waals surface area contributed by atoms with E-state index < -0.39 is 10.4 Å². The van der Waals surface area contributed by atoms with Crippen LogP contribution in [0.1, 0.15) is 56.2 Å². The third-order valence-electron chi connectivity index (χ3n) is 4.28. The number of hydrogen-bond donors (Lipinski definition) is 0. The molecule has 29 heavy (non-hydrogen) atoms. The lowest BCUT2D eigenvalue weighted by Gasteiger charge is -2.08. The molecule has 0 bridgehead atoms. The molecule has 0 aromatic heterocycles. The molecule has 0 heterocycles. The summed E-state index contributed by atoms with van der Waals surface area (Å²) in [5.41, 5.74) is 3.55. The van der Waals surface area contributed by atoms with E-state index in [-0.39, 0.29) is 6.61 Å². The number of hydrogen-bond acceptors (Lipinski definition) is 4. The van der Waals surface area contributed by atoms with E-state index in [1.807, 2.05) is 0 Å². The molecule has 2 rings (SSSR count). The third-order valence-corrected chi connectivity index (χ3v) is 7.16. The van der Waals surface area contributed by atoms with Gasteiger partial charge in [0.15, 0.2) is 0 Å². The van der Waals surface area contributed by atoms with Crippen molar-refractivity contribution >= 4 is 21.3 Å². The lowest BCUT2D eigenvalue weighted by atomic mass is 10.2. The molecule has 6 heteroatoms. The Balaban J connectivity index is 0.000000308. The van der Waals surface area contributed by atoms with Gasteiger partial charge < -0.3 is 4.55 Å². The molecule has 4 nitrogen and oxygen atoms in total. The smallest absolute Gasteiger partial charge is 0.217 e. The number of rotatable bonds is 11. The van der Waals surface area contributed by atoms with Crippen LogP contribution < -0.4 is 0 Å². The van der Waals surface area contributed by atoms with Gasteiger partial charge in [-0.05, 0) is 36.2 Å². The minimum absolute atomic E-state index is 0.202. The van der Waals surface area contributed by atoms with Crippen molar-refractivity contribution in [2.75, 3.05) is 11.5 Å². The Labute approximate surface area is 180 Å². The lowest BCUT2D eigenvalue weighted by molar-refractivity contribution is 0.253. The van der Waals surface area contributed by atoms with Crippen LogP contribution in [0.4, 0.5) is 0 Å². The molecule has 0 aliphatic heterocycles. The molecule has 0 saturated carbocycles. The van der Waals surface area contributed by atoms with Gasteiger partial charge in [-0.2, -0.15) is 0 Å². The van der Waals surface area contributed by atoms with Crippen molar-refractivity contribution in [2.45, 2.75) is 58.8 Å². The van der Waals surface area contributed by atoms with E-state index in [2.05, 4.69) is 49.2 Å². The van der Waals surface area contributed by atoms with Crippen molar-refractivity contribution < 1.29 is 17.2 Å². The average molecular weight is 439 g/mol. The number of aryl methyl sites for hydroxylation is 1. The Morgan fingerprint density at radius 3 is 1.90 bits per heavy atom. The molecule has 0 atom stereocenters. The number of unbranched alkanes of at least 4 members (excludes halogenated alkanes) is 2. The zero-order valence-corrected chi connectivity index (χ0v) is 19.4. The van der Waals surface area contributed by atoms with E-state index in [0.717, 1.165) is 0 Å². The van der Waals surface area contributed by atoms with Gasteiger partial charge in [-0.15, -0.1) is 0 Å². The summed E-state index contributed by atoms with van der Waals surface area (Å²) in [6.45, 7) is 6.56. The van der Waals surface area contributed by atoms with Crippen LogP contribution >= 0.6 is 0 Å². The van der Waals surface area contributed by atoms with Gasteiger partial charge in [-0.1, -0.05) is 86.8 Å². The van der Waals surface area contributed by atoms with Crippen LogP contribution in [0.3, 0.4) is 0 Å². The first kappa shape index (κ1) is 25.7. The molecule has 0 radical (unpaired) electrons. The summed E-state index contributed by atoms with van der Waals surface area (Å²) in [7, 11) is -3.95. The Morgan fingerprint density at radius 2 is 1.41 bits per heavy atom. The van der Waals surface area contributed by atoms with E-state index in [0.29, 0.717) is 16.5 Å². The van der Waals surface area contributed by atoms with Crippen LogP contribution in [0.2, 0.25) is 0 Å². The van der Waals surface area contributed by atoms with Gasteiger partial charge in [0.05, 0.1) is 6.61 Å². The average Bonchev–Trinajstić information content (AvgIpc) is 2.71. The monoisotopic (exact) mass is 438 g/mol. The van der Waals surface area contributed by atoms with Gasteiger partial charge in [-0.3, -0.25) is 4.18 Å². The first-order chi connectivity index (χ1) is 13.8. The summed E-state index contributed by atoms with van der Waals surface area (Å²) >= 11 is 0. The van der Waals surface area contributed by atoms with Crippen molar-refractivity contribution in [1.82, 2.24) is 0 Å². The molecule has 0 aliphatic rings. The van der Waals surface area contributed by atoms with E-state index in [4.69, 9.17) is 0 Å². The second-order valence-corrected chi connectivity index (χ2v) is 10.4. The minimum Gasteiger partial charge on any atom is -0.726 e. The first-order valence-electron chi connectivity index (χ1n) is 10.2. The Morgan fingerprint density at radius 1 is 0.862 bits per heavy atom. The lowest BCUT2D eigenvalue weighted by Crippen LogP contribution is -2.14. The van der Waals surface area contributed by atoms with Gasteiger partial charge in [-0.25, -0.2) is 8.42 Å². The van der Waals surface area contributed by atoms with Crippen molar-refractivity contribution in [3.63, 3.8) is 0 Å². The molecule has 0 N–H and O–H groups in total. The summed E-state index contributed by atoms with van der Waals surface area (Å²) in [6, 6.07) is 17.7. The molecular formula is C23H34O4S2. The fourth-order valence-corrected chi connectivity index (χ4v) is 5.41. The molecule has 162 valence electrons. The zero-order valence-electron chi connectivity index (χ0n) is 17.8. The molecular weight excluding hydrogens is 404 g/mol. The maximum Gasteiger partial charge on any atom is 0.217 e.